The lowest BCUT2D eigenvalue weighted by Crippen LogP contribution is -2.45. The largest absolute Gasteiger partial charge is 0.339 e. The molecule has 1 fully saturated rings. The van der Waals surface area contributed by atoms with Crippen molar-refractivity contribution in [2.45, 2.75) is 44.4 Å². The predicted molar refractivity (Wildman–Crippen MR) is 94.7 cm³/mol. The first-order chi connectivity index (χ1) is 12.0. The maximum Gasteiger partial charge on any atom is 0.242 e. The highest BCUT2D eigenvalue weighted by Gasteiger charge is 2.29. The Labute approximate surface area is 151 Å². The summed E-state index contributed by atoms with van der Waals surface area (Å²) in [4.78, 5) is 19.1. The van der Waals surface area contributed by atoms with Crippen LogP contribution < -0.4 is 0 Å². The van der Waals surface area contributed by atoms with Crippen molar-refractivity contribution in [1.82, 2.24) is 15.0 Å². The van der Waals surface area contributed by atoms with Crippen LogP contribution in [0.1, 0.15) is 38.5 Å². The Kier molecular flexibility index (Phi) is 5.53. The van der Waals surface area contributed by atoms with Crippen molar-refractivity contribution < 1.29 is 17.7 Å². The number of amides is 1. The highest BCUT2D eigenvalue weighted by molar-refractivity contribution is 7.91. The van der Waals surface area contributed by atoms with Crippen LogP contribution in [-0.4, -0.2) is 47.7 Å². The molecule has 0 aromatic carbocycles. The summed E-state index contributed by atoms with van der Waals surface area (Å²) in [5, 5.41) is 5.68. The van der Waals surface area contributed by atoms with Gasteiger partial charge in [0.2, 0.25) is 17.6 Å². The Balaban J connectivity index is 1.65. The second-order valence-electron chi connectivity index (χ2n) is 6.17. The van der Waals surface area contributed by atoms with Crippen molar-refractivity contribution in [3.63, 3.8) is 0 Å². The first kappa shape index (κ1) is 18.1. The van der Waals surface area contributed by atoms with E-state index in [4.69, 9.17) is 4.52 Å². The standard InChI is InChI=1S/C16H21N3O4S2/c1-2-12-6-3-4-8-19(12)15(20)11-25(21,22)10-14-17-16(18-23-14)13-7-5-9-24-13/h5,7,9,12H,2-4,6,8,10-11H2,1H3. The van der Waals surface area contributed by atoms with Gasteiger partial charge in [0.1, 0.15) is 11.5 Å². The molecule has 136 valence electrons. The first-order valence-electron chi connectivity index (χ1n) is 8.35. The van der Waals surface area contributed by atoms with Crippen LogP contribution in [0.5, 0.6) is 0 Å². The lowest BCUT2D eigenvalue weighted by Gasteiger charge is -2.35. The number of thiophene rings is 1. The first-order valence-corrected chi connectivity index (χ1v) is 11.0. The van der Waals surface area contributed by atoms with E-state index in [0.717, 1.165) is 30.6 Å². The topological polar surface area (TPSA) is 93.4 Å². The Bertz CT molecular complexity index is 814. The average Bonchev–Trinajstić information content (AvgIpc) is 3.25. The lowest BCUT2D eigenvalue weighted by atomic mass is 10.0. The molecule has 0 bridgehead atoms. The third-order valence-corrected chi connectivity index (χ3v) is 6.55. The summed E-state index contributed by atoms with van der Waals surface area (Å²) >= 11 is 1.44. The normalized spacial score (nSPS) is 18.4. The van der Waals surface area contributed by atoms with Crippen LogP contribution in [0, 0.1) is 0 Å². The highest BCUT2D eigenvalue weighted by Crippen LogP contribution is 2.23. The maximum absolute atomic E-state index is 12.4. The van der Waals surface area contributed by atoms with Crippen molar-refractivity contribution in [2.75, 3.05) is 12.3 Å². The molecule has 0 spiro atoms. The number of rotatable bonds is 6. The fraction of sp³-hybridized carbons (Fsp3) is 0.562. The minimum Gasteiger partial charge on any atom is -0.339 e. The molecule has 0 saturated carbocycles. The summed E-state index contributed by atoms with van der Waals surface area (Å²) in [6, 6.07) is 3.83. The van der Waals surface area contributed by atoms with Crippen LogP contribution in [0.2, 0.25) is 0 Å². The minimum absolute atomic E-state index is 0.0156. The van der Waals surface area contributed by atoms with Crippen molar-refractivity contribution in [1.29, 1.82) is 0 Å². The van der Waals surface area contributed by atoms with Crippen molar-refractivity contribution in [2.24, 2.45) is 0 Å². The van der Waals surface area contributed by atoms with Crippen molar-refractivity contribution in [3.8, 4) is 10.7 Å². The molecule has 25 heavy (non-hydrogen) atoms. The van der Waals surface area contributed by atoms with Crippen molar-refractivity contribution >= 4 is 27.1 Å². The summed E-state index contributed by atoms with van der Waals surface area (Å²) in [6.45, 7) is 2.66. The van der Waals surface area contributed by atoms with Crippen LogP contribution in [-0.2, 0) is 20.4 Å². The zero-order valence-electron chi connectivity index (χ0n) is 14.1. The number of aromatic nitrogens is 2. The molecule has 1 aliphatic heterocycles. The van der Waals surface area contributed by atoms with Gasteiger partial charge < -0.3 is 9.42 Å². The molecular weight excluding hydrogens is 362 g/mol. The Morgan fingerprint density at radius 2 is 2.28 bits per heavy atom. The smallest absolute Gasteiger partial charge is 0.242 e. The van der Waals surface area contributed by atoms with E-state index in [0.29, 0.717) is 12.4 Å². The minimum atomic E-state index is -3.65. The fourth-order valence-corrected chi connectivity index (χ4v) is 4.87. The average molecular weight is 383 g/mol. The molecule has 2 aromatic heterocycles. The molecule has 0 radical (unpaired) electrons. The van der Waals surface area contributed by atoms with Gasteiger partial charge in [-0.1, -0.05) is 18.1 Å². The van der Waals surface area contributed by atoms with E-state index in [9.17, 15) is 13.2 Å². The molecule has 2 aromatic rings. The zero-order valence-corrected chi connectivity index (χ0v) is 15.7. The van der Waals surface area contributed by atoms with E-state index in [1.165, 1.54) is 11.3 Å². The predicted octanol–water partition coefficient (Wildman–Crippen LogP) is 2.50. The molecule has 1 atom stereocenters. The number of carbonyl (C=O) groups excluding carboxylic acids is 1. The second-order valence-corrected chi connectivity index (χ2v) is 9.18. The van der Waals surface area contributed by atoms with Crippen LogP contribution in [0.15, 0.2) is 22.0 Å². The van der Waals surface area contributed by atoms with Crippen LogP contribution in [0.25, 0.3) is 10.7 Å². The molecular formula is C16H21N3O4S2. The molecule has 3 heterocycles. The molecule has 7 nitrogen and oxygen atoms in total. The van der Waals surface area contributed by atoms with E-state index in [1.807, 2.05) is 24.4 Å². The lowest BCUT2D eigenvalue weighted by molar-refractivity contribution is -0.132. The summed E-state index contributed by atoms with van der Waals surface area (Å²) in [5.74, 6) is -0.873. The van der Waals surface area contributed by atoms with Gasteiger partial charge in [-0.05, 0) is 37.1 Å². The van der Waals surface area contributed by atoms with Gasteiger partial charge in [0.25, 0.3) is 0 Å². The molecule has 0 N–H and O–H groups in total. The fourth-order valence-electron chi connectivity index (χ4n) is 3.08. The molecule has 1 amide bonds. The Morgan fingerprint density at radius 3 is 3.00 bits per heavy atom. The van der Waals surface area contributed by atoms with E-state index in [2.05, 4.69) is 10.1 Å². The Hall–Kier alpha value is -1.74. The number of hydrogen-bond donors (Lipinski definition) is 0. The summed E-state index contributed by atoms with van der Waals surface area (Å²) in [7, 11) is -3.65. The molecule has 1 saturated heterocycles. The van der Waals surface area contributed by atoms with Gasteiger partial charge in [0.05, 0.1) is 4.88 Å². The third kappa shape index (κ3) is 4.46. The molecule has 1 unspecified atom stereocenters. The van der Waals surface area contributed by atoms with Crippen molar-refractivity contribution in [3.05, 3.63) is 23.4 Å². The van der Waals surface area contributed by atoms with Crippen LogP contribution >= 0.6 is 11.3 Å². The van der Waals surface area contributed by atoms with Gasteiger partial charge >= 0.3 is 0 Å². The zero-order chi connectivity index (χ0) is 17.9. The number of likely N-dealkylation sites (tertiary alicyclic amines) is 1. The summed E-state index contributed by atoms with van der Waals surface area (Å²) in [5.41, 5.74) is 0. The van der Waals surface area contributed by atoms with Gasteiger partial charge in [-0.2, -0.15) is 4.98 Å². The van der Waals surface area contributed by atoms with E-state index >= 15 is 0 Å². The molecule has 9 heteroatoms. The second kappa shape index (κ2) is 7.65. The summed E-state index contributed by atoms with van der Waals surface area (Å²) < 4.78 is 29.8. The SMILES string of the molecule is CCC1CCCCN1C(=O)CS(=O)(=O)Cc1nc(-c2cccs2)no1. The van der Waals surface area contributed by atoms with Gasteiger partial charge in [-0.3, -0.25) is 4.79 Å². The Morgan fingerprint density at radius 1 is 1.44 bits per heavy atom. The van der Waals surface area contributed by atoms with Gasteiger partial charge in [0, 0.05) is 12.6 Å². The number of carbonyl (C=O) groups is 1. The molecule has 1 aliphatic rings. The van der Waals surface area contributed by atoms with Gasteiger partial charge in [0.15, 0.2) is 9.84 Å². The van der Waals surface area contributed by atoms with Gasteiger partial charge in [-0.25, -0.2) is 8.42 Å². The van der Waals surface area contributed by atoms with E-state index < -0.39 is 21.3 Å². The van der Waals surface area contributed by atoms with Crippen LogP contribution in [0.3, 0.4) is 0 Å². The quantitative estimate of drug-likeness (QED) is 0.761. The summed E-state index contributed by atoms with van der Waals surface area (Å²) in [6.07, 6.45) is 3.80. The number of sulfone groups is 1. The molecule has 3 rings (SSSR count). The van der Waals surface area contributed by atoms with E-state index in [-0.39, 0.29) is 17.8 Å². The van der Waals surface area contributed by atoms with E-state index in [1.54, 1.807) is 4.90 Å². The number of nitrogens with zero attached hydrogens (tertiary/aromatic N) is 3. The molecule has 0 aliphatic carbocycles. The number of hydrogen-bond acceptors (Lipinski definition) is 7. The monoisotopic (exact) mass is 383 g/mol. The maximum atomic E-state index is 12.4. The van der Waals surface area contributed by atoms with Crippen LogP contribution in [0.4, 0.5) is 0 Å². The highest BCUT2D eigenvalue weighted by atomic mass is 32.2. The number of piperidine rings is 1. The van der Waals surface area contributed by atoms with Gasteiger partial charge in [-0.15, -0.1) is 11.3 Å². The third-order valence-electron chi connectivity index (χ3n) is 4.32.